The highest BCUT2D eigenvalue weighted by molar-refractivity contribution is 9.09. The fourth-order valence-electron chi connectivity index (χ4n) is 6.66. The molecule has 9 heteroatoms. The van der Waals surface area contributed by atoms with Crippen LogP contribution >= 0.6 is 15.9 Å². The van der Waals surface area contributed by atoms with Crippen LogP contribution in [0.15, 0.2) is 55.6 Å². The van der Waals surface area contributed by atoms with E-state index in [2.05, 4.69) is 36.0 Å². The zero-order valence-corrected chi connectivity index (χ0v) is 24.8. The maximum atomic E-state index is 14.5. The number of unbranched alkanes of at least 4 members (excludes halogenated alkanes) is 2. The minimum atomic E-state index is -1.20. The van der Waals surface area contributed by atoms with Crippen molar-refractivity contribution in [3.05, 3.63) is 61.2 Å². The number of carbonyl (C=O) groups excluding carboxylic acids is 3. The molecule has 2 amide bonds. The number of nitrogens with zero attached hydrogens (tertiary/aromatic N) is 2. The third kappa shape index (κ3) is 5.65. The van der Waals surface area contributed by atoms with E-state index in [0.29, 0.717) is 32.4 Å². The van der Waals surface area contributed by atoms with Gasteiger partial charge in [0.15, 0.2) is 0 Å². The summed E-state index contributed by atoms with van der Waals surface area (Å²) in [6, 6.07) is 7.93. The van der Waals surface area contributed by atoms with Crippen molar-refractivity contribution in [2.24, 2.45) is 11.8 Å². The summed E-state index contributed by atoms with van der Waals surface area (Å²) in [6.07, 6.45) is 6.83. The number of aliphatic hydroxyl groups is 1. The van der Waals surface area contributed by atoms with E-state index in [1.54, 1.807) is 17.1 Å². The molecule has 0 radical (unpaired) electrons. The van der Waals surface area contributed by atoms with Crippen molar-refractivity contribution < 1.29 is 29.0 Å². The molecule has 1 N–H and O–H groups in total. The van der Waals surface area contributed by atoms with Crippen LogP contribution in [0.2, 0.25) is 0 Å². The van der Waals surface area contributed by atoms with Crippen molar-refractivity contribution in [2.75, 3.05) is 26.3 Å². The number of aliphatic hydroxyl groups excluding tert-OH is 1. The van der Waals surface area contributed by atoms with Crippen molar-refractivity contribution in [3.63, 3.8) is 0 Å². The SMILES string of the molecule is C=CCCOC(=O)[C@H]1[C@H]2C(=O)N([C@@H](CO)Cc3ccccc3)C(C(=O)N(CC=C)CCCCC)C23CC(Br)[C@@H]1O3. The summed E-state index contributed by atoms with van der Waals surface area (Å²) >= 11 is 3.69. The molecule has 3 aliphatic heterocycles. The molecule has 3 aliphatic rings. The number of alkyl halides is 1. The molecule has 2 bridgehead atoms. The molecule has 7 atom stereocenters. The molecule has 0 saturated carbocycles. The first-order valence-electron chi connectivity index (χ1n) is 14.3. The quantitative estimate of drug-likeness (QED) is 0.140. The Bertz CT molecular complexity index is 1080. The van der Waals surface area contributed by atoms with E-state index < -0.39 is 41.6 Å². The van der Waals surface area contributed by atoms with Gasteiger partial charge in [-0.05, 0) is 31.2 Å². The maximum absolute atomic E-state index is 14.5. The number of amides is 2. The first-order chi connectivity index (χ1) is 19.3. The van der Waals surface area contributed by atoms with Gasteiger partial charge in [-0.15, -0.1) is 13.2 Å². The molecule has 1 aromatic rings. The molecule has 8 nitrogen and oxygen atoms in total. The molecule has 0 aromatic heterocycles. The van der Waals surface area contributed by atoms with E-state index in [0.717, 1.165) is 24.8 Å². The summed E-state index contributed by atoms with van der Waals surface area (Å²) in [5, 5.41) is 10.6. The number of hydrogen-bond acceptors (Lipinski definition) is 6. The lowest BCUT2D eigenvalue weighted by Gasteiger charge is -2.39. The molecule has 1 aromatic carbocycles. The van der Waals surface area contributed by atoms with E-state index >= 15 is 0 Å². The van der Waals surface area contributed by atoms with E-state index in [-0.39, 0.29) is 29.9 Å². The largest absolute Gasteiger partial charge is 0.465 e. The summed E-state index contributed by atoms with van der Waals surface area (Å²) < 4.78 is 12.1. The Morgan fingerprint density at radius 1 is 1.27 bits per heavy atom. The number of rotatable bonds is 15. The van der Waals surface area contributed by atoms with Gasteiger partial charge in [-0.3, -0.25) is 14.4 Å². The second kappa shape index (κ2) is 13.4. The van der Waals surface area contributed by atoms with Crippen molar-refractivity contribution >= 4 is 33.7 Å². The average molecular weight is 618 g/mol. The van der Waals surface area contributed by atoms with Crippen LogP contribution in [0.5, 0.6) is 0 Å². The summed E-state index contributed by atoms with van der Waals surface area (Å²) in [5.41, 5.74) is -0.270. The monoisotopic (exact) mass is 616 g/mol. The summed E-state index contributed by atoms with van der Waals surface area (Å²) in [6.45, 7) is 10.3. The number of fused-ring (bicyclic) bond motifs is 1. The van der Waals surface area contributed by atoms with Crippen molar-refractivity contribution in [3.8, 4) is 0 Å². The smallest absolute Gasteiger partial charge is 0.312 e. The Kier molecular flexibility index (Phi) is 10.2. The normalized spacial score (nSPS) is 29.2. The number of carbonyl (C=O) groups is 3. The van der Waals surface area contributed by atoms with Gasteiger partial charge < -0.3 is 24.4 Å². The van der Waals surface area contributed by atoms with E-state index in [1.165, 1.54) is 4.90 Å². The standard InChI is InChI=1S/C31H41BrN2O6/c1-4-7-12-16-33(15-6-3)29(37)27-31-19-23(32)26(40-31)24(30(38)39-17-8-5-2)25(31)28(36)34(27)22(20-35)18-21-13-10-9-11-14-21/h5-6,9-11,13-14,22-27,35H,2-4,7-8,12,15-20H2,1H3/t22-,23?,24+,25+,26+,27?,31?/m1/s1. The lowest BCUT2D eigenvalue weighted by molar-refractivity contribution is -0.156. The molecule has 1 spiro atoms. The van der Waals surface area contributed by atoms with Crippen LogP contribution in [-0.2, 0) is 30.3 Å². The molecule has 4 rings (SSSR count). The molecule has 218 valence electrons. The number of benzene rings is 1. The van der Waals surface area contributed by atoms with Gasteiger partial charge in [0.1, 0.15) is 11.6 Å². The van der Waals surface area contributed by atoms with Gasteiger partial charge in [0, 0.05) is 17.9 Å². The fourth-order valence-corrected chi connectivity index (χ4v) is 7.60. The van der Waals surface area contributed by atoms with Crippen LogP contribution in [0.25, 0.3) is 0 Å². The second-order valence-electron chi connectivity index (χ2n) is 11.0. The first-order valence-corrected chi connectivity index (χ1v) is 15.2. The van der Waals surface area contributed by atoms with Crippen LogP contribution in [0.4, 0.5) is 0 Å². The molecule has 3 fully saturated rings. The lowest BCUT2D eigenvalue weighted by Crippen LogP contribution is -2.59. The Labute approximate surface area is 245 Å². The van der Waals surface area contributed by atoms with E-state index in [1.807, 2.05) is 30.3 Å². The van der Waals surface area contributed by atoms with Gasteiger partial charge in [-0.25, -0.2) is 0 Å². The lowest BCUT2D eigenvalue weighted by atomic mass is 9.70. The van der Waals surface area contributed by atoms with Crippen LogP contribution < -0.4 is 0 Å². The zero-order chi connectivity index (χ0) is 28.9. The van der Waals surface area contributed by atoms with Crippen LogP contribution in [0.1, 0.15) is 44.6 Å². The predicted molar refractivity (Wildman–Crippen MR) is 156 cm³/mol. The van der Waals surface area contributed by atoms with Crippen molar-refractivity contribution in [1.82, 2.24) is 9.80 Å². The van der Waals surface area contributed by atoms with Gasteiger partial charge in [-0.2, -0.15) is 0 Å². The van der Waals surface area contributed by atoms with Crippen molar-refractivity contribution in [1.29, 1.82) is 0 Å². The number of likely N-dealkylation sites (tertiary alicyclic amines) is 1. The number of ether oxygens (including phenoxy) is 2. The third-order valence-corrected chi connectivity index (χ3v) is 9.26. The van der Waals surface area contributed by atoms with E-state index in [4.69, 9.17) is 9.47 Å². The van der Waals surface area contributed by atoms with Gasteiger partial charge >= 0.3 is 5.97 Å². The summed E-state index contributed by atoms with van der Waals surface area (Å²) in [5.74, 6) is -2.80. The van der Waals surface area contributed by atoms with E-state index in [9.17, 15) is 19.5 Å². The average Bonchev–Trinajstić information content (AvgIpc) is 3.55. The minimum Gasteiger partial charge on any atom is -0.465 e. The van der Waals surface area contributed by atoms with Gasteiger partial charge in [-0.1, -0.05) is 78.2 Å². The molecular formula is C31H41BrN2O6. The molecule has 3 heterocycles. The molecule has 3 unspecified atom stereocenters. The van der Waals surface area contributed by atoms with Crippen LogP contribution in [0, 0.1) is 11.8 Å². The Hall–Kier alpha value is -2.49. The second-order valence-corrected chi connectivity index (χ2v) is 12.1. The molecular weight excluding hydrogens is 576 g/mol. The van der Waals surface area contributed by atoms with Crippen LogP contribution in [-0.4, -0.2) is 87.6 Å². The highest BCUT2D eigenvalue weighted by Crippen LogP contribution is 2.60. The minimum absolute atomic E-state index is 0.163. The summed E-state index contributed by atoms with van der Waals surface area (Å²) in [7, 11) is 0. The van der Waals surface area contributed by atoms with Crippen LogP contribution in [0.3, 0.4) is 0 Å². The third-order valence-electron chi connectivity index (χ3n) is 8.41. The Morgan fingerprint density at radius 3 is 2.67 bits per heavy atom. The van der Waals surface area contributed by atoms with Gasteiger partial charge in [0.2, 0.25) is 11.8 Å². The first kappa shape index (κ1) is 30.5. The Morgan fingerprint density at radius 2 is 2.02 bits per heavy atom. The Balaban J connectivity index is 1.75. The summed E-state index contributed by atoms with van der Waals surface area (Å²) in [4.78, 5) is 45.2. The zero-order valence-electron chi connectivity index (χ0n) is 23.3. The number of hydrogen-bond donors (Lipinski definition) is 1. The topological polar surface area (TPSA) is 96.4 Å². The van der Waals surface area contributed by atoms with Gasteiger partial charge in [0.05, 0.1) is 37.2 Å². The maximum Gasteiger partial charge on any atom is 0.312 e. The predicted octanol–water partition coefficient (Wildman–Crippen LogP) is 3.66. The van der Waals surface area contributed by atoms with Gasteiger partial charge in [0.25, 0.3) is 0 Å². The van der Waals surface area contributed by atoms with Crippen molar-refractivity contribution in [2.45, 2.75) is 74.1 Å². The molecule has 0 aliphatic carbocycles. The molecule has 40 heavy (non-hydrogen) atoms. The number of esters is 1. The molecule has 3 saturated heterocycles. The highest BCUT2D eigenvalue weighted by Gasteiger charge is 2.77. The number of halogens is 1. The highest BCUT2D eigenvalue weighted by atomic mass is 79.9. The fraction of sp³-hybridized carbons (Fsp3) is 0.581.